The van der Waals surface area contributed by atoms with Gasteiger partial charge in [0.15, 0.2) is 0 Å². The summed E-state index contributed by atoms with van der Waals surface area (Å²) in [6.07, 6.45) is 1.60. The van der Waals surface area contributed by atoms with E-state index in [0.717, 1.165) is 80.4 Å². The molecule has 4 saturated heterocycles. The quantitative estimate of drug-likeness (QED) is 0.444. The summed E-state index contributed by atoms with van der Waals surface area (Å²) >= 11 is 0. The van der Waals surface area contributed by atoms with Crippen LogP contribution in [0.5, 0.6) is 5.75 Å². The molecule has 5 aliphatic rings. The predicted octanol–water partition coefficient (Wildman–Crippen LogP) is 2.73. The molecule has 0 radical (unpaired) electrons. The van der Waals surface area contributed by atoms with Crippen molar-refractivity contribution in [3.05, 3.63) is 65.2 Å². The number of rotatable bonds is 6. The van der Waals surface area contributed by atoms with E-state index in [0.29, 0.717) is 30.4 Å². The predicted molar refractivity (Wildman–Crippen MR) is 159 cm³/mol. The van der Waals surface area contributed by atoms with Crippen molar-refractivity contribution < 1.29 is 23.9 Å². The molecule has 2 aromatic carbocycles. The molecule has 10 heteroatoms. The minimum absolute atomic E-state index is 0.0661. The average Bonchev–Trinajstić information content (AvgIpc) is 3.78. The number of imide groups is 1. The first kappa shape index (κ1) is 26.6. The van der Waals surface area contributed by atoms with E-state index in [1.54, 1.807) is 11.0 Å². The lowest BCUT2D eigenvalue weighted by atomic mass is 10.0. The van der Waals surface area contributed by atoms with E-state index in [2.05, 4.69) is 45.4 Å². The summed E-state index contributed by atoms with van der Waals surface area (Å²) in [6.45, 7) is 6.80. The fourth-order valence-corrected chi connectivity index (χ4v) is 7.42. The number of pyridine rings is 1. The molecule has 1 unspecified atom stereocenters. The average molecular weight is 582 g/mol. The summed E-state index contributed by atoms with van der Waals surface area (Å²) in [5, 5.41) is 3.51. The van der Waals surface area contributed by atoms with Crippen LogP contribution in [0.3, 0.4) is 0 Å². The van der Waals surface area contributed by atoms with E-state index in [1.807, 2.05) is 12.1 Å². The second kappa shape index (κ2) is 10.6. The van der Waals surface area contributed by atoms with Gasteiger partial charge in [0.2, 0.25) is 11.8 Å². The molecular formula is C33H35N5O5. The first-order valence-electron chi connectivity index (χ1n) is 15.4. The van der Waals surface area contributed by atoms with Gasteiger partial charge in [0.1, 0.15) is 23.7 Å². The maximum absolute atomic E-state index is 13.0. The summed E-state index contributed by atoms with van der Waals surface area (Å²) in [7, 11) is 0. The highest BCUT2D eigenvalue weighted by Gasteiger charge is 2.40. The summed E-state index contributed by atoms with van der Waals surface area (Å²) < 4.78 is 12.0. The number of hydrogen-bond acceptors (Lipinski definition) is 8. The minimum Gasteiger partial charge on any atom is -0.489 e. The molecular weight excluding hydrogens is 546 g/mol. The number of anilines is 1. The standard InChI is InChI=1S/C33H35N5O5/c39-31-8-6-29(32(40)35-31)38-16-22-12-25(3-4-27(22)33(38)41)43-26-9-10-36(17-26)13-20-1-5-28-21(11-20)2-7-30(34-28)37-14-23-18-42-19-24(23)15-37/h1-5,7,11-12,23-24,26,29H,6,8-10,13-19H2,(H,35,39,40)/t23-,24+,26-,29?/m0/s1. The minimum atomic E-state index is -0.612. The number of carbonyl (C=O) groups is 3. The fourth-order valence-electron chi connectivity index (χ4n) is 7.42. The lowest BCUT2D eigenvalue weighted by molar-refractivity contribution is -0.136. The molecule has 3 amide bonds. The Labute approximate surface area is 249 Å². The summed E-state index contributed by atoms with van der Waals surface area (Å²) in [4.78, 5) is 48.2. The zero-order valence-electron chi connectivity index (χ0n) is 24.0. The highest BCUT2D eigenvalue weighted by Crippen LogP contribution is 2.33. The van der Waals surface area contributed by atoms with Gasteiger partial charge in [-0.2, -0.15) is 0 Å². The van der Waals surface area contributed by atoms with Gasteiger partial charge in [0, 0.05) is 68.5 Å². The Balaban J connectivity index is 0.877. The zero-order chi connectivity index (χ0) is 29.1. The topological polar surface area (TPSA) is 104 Å². The Morgan fingerprint density at radius 1 is 0.953 bits per heavy atom. The molecule has 1 N–H and O–H groups in total. The van der Waals surface area contributed by atoms with Gasteiger partial charge in [0.25, 0.3) is 5.91 Å². The van der Waals surface area contributed by atoms with Crippen LogP contribution in [0.15, 0.2) is 48.5 Å². The molecule has 0 saturated carbocycles. The third-order valence-electron chi connectivity index (χ3n) is 9.74. The lowest BCUT2D eigenvalue weighted by Crippen LogP contribution is -2.52. The largest absolute Gasteiger partial charge is 0.489 e. The van der Waals surface area contributed by atoms with Crippen LogP contribution < -0.4 is 15.0 Å². The van der Waals surface area contributed by atoms with Gasteiger partial charge in [0.05, 0.1) is 18.7 Å². The first-order chi connectivity index (χ1) is 21.0. The van der Waals surface area contributed by atoms with Crippen LogP contribution in [0, 0.1) is 11.8 Å². The second-order valence-corrected chi connectivity index (χ2v) is 12.6. The molecule has 222 valence electrons. The van der Waals surface area contributed by atoms with Crippen molar-refractivity contribution in [3.8, 4) is 5.75 Å². The number of amides is 3. The van der Waals surface area contributed by atoms with E-state index < -0.39 is 11.9 Å². The van der Waals surface area contributed by atoms with E-state index >= 15 is 0 Å². The Morgan fingerprint density at radius 2 is 1.81 bits per heavy atom. The number of aromatic nitrogens is 1. The molecule has 3 aromatic rings. The Bertz CT molecular complexity index is 1610. The summed E-state index contributed by atoms with van der Waals surface area (Å²) in [5.41, 5.74) is 3.75. The van der Waals surface area contributed by atoms with Gasteiger partial charge in [-0.1, -0.05) is 6.07 Å². The van der Waals surface area contributed by atoms with Crippen LogP contribution in [-0.2, 0) is 27.4 Å². The zero-order valence-corrected chi connectivity index (χ0v) is 24.0. The van der Waals surface area contributed by atoms with Gasteiger partial charge in [-0.3, -0.25) is 24.6 Å². The number of fused-ring (bicyclic) bond motifs is 3. The van der Waals surface area contributed by atoms with Crippen LogP contribution in [0.1, 0.15) is 40.7 Å². The monoisotopic (exact) mass is 581 g/mol. The normalized spacial score (nSPS) is 27.2. The van der Waals surface area contributed by atoms with Crippen LogP contribution in [0.25, 0.3) is 10.9 Å². The van der Waals surface area contributed by atoms with Gasteiger partial charge in [-0.25, -0.2) is 4.98 Å². The Morgan fingerprint density at radius 3 is 2.65 bits per heavy atom. The lowest BCUT2D eigenvalue weighted by Gasteiger charge is -2.29. The van der Waals surface area contributed by atoms with E-state index in [4.69, 9.17) is 14.5 Å². The number of nitrogens with one attached hydrogen (secondary N) is 1. The number of hydrogen-bond donors (Lipinski definition) is 1. The molecule has 0 aliphatic carbocycles. The summed E-state index contributed by atoms with van der Waals surface area (Å²) in [5.74, 6) is 2.23. The molecule has 4 fully saturated rings. The maximum atomic E-state index is 13.0. The van der Waals surface area contributed by atoms with Crippen molar-refractivity contribution in [1.29, 1.82) is 0 Å². The van der Waals surface area contributed by atoms with Crippen molar-refractivity contribution in [2.24, 2.45) is 11.8 Å². The summed E-state index contributed by atoms with van der Waals surface area (Å²) in [6, 6.07) is 15.9. The van der Waals surface area contributed by atoms with Crippen molar-refractivity contribution >= 4 is 34.4 Å². The van der Waals surface area contributed by atoms with Gasteiger partial charge in [-0.05, 0) is 66.4 Å². The van der Waals surface area contributed by atoms with Gasteiger partial charge >= 0.3 is 0 Å². The highest BCUT2D eigenvalue weighted by molar-refractivity contribution is 6.05. The molecule has 0 spiro atoms. The number of benzene rings is 2. The number of ether oxygens (including phenoxy) is 2. The maximum Gasteiger partial charge on any atom is 0.255 e. The van der Waals surface area contributed by atoms with Crippen LogP contribution in [0.2, 0.25) is 0 Å². The van der Waals surface area contributed by atoms with E-state index in [1.165, 1.54) is 5.56 Å². The fraction of sp³-hybridized carbons (Fsp3) is 0.455. The number of piperidine rings is 1. The Hall–Kier alpha value is -4.02. The smallest absolute Gasteiger partial charge is 0.255 e. The number of nitrogens with zero attached hydrogens (tertiary/aromatic N) is 4. The molecule has 0 bridgehead atoms. The molecule has 4 atom stereocenters. The molecule has 6 heterocycles. The second-order valence-electron chi connectivity index (χ2n) is 12.6. The SMILES string of the molecule is O=C1CCC(N2Cc3cc(O[C@H]4CCN(Cc5ccc6nc(N7C[C@H]8COC[C@H]8C7)ccc6c5)C4)ccc3C2=O)C(=O)N1. The number of likely N-dealkylation sites (tertiary alicyclic amines) is 1. The third kappa shape index (κ3) is 5.02. The van der Waals surface area contributed by atoms with Crippen LogP contribution in [0.4, 0.5) is 5.82 Å². The molecule has 5 aliphatic heterocycles. The van der Waals surface area contributed by atoms with Gasteiger partial charge in [-0.15, -0.1) is 0 Å². The molecule has 10 nitrogen and oxygen atoms in total. The van der Waals surface area contributed by atoms with Crippen molar-refractivity contribution in [2.75, 3.05) is 44.3 Å². The van der Waals surface area contributed by atoms with Crippen LogP contribution in [-0.4, -0.2) is 84.0 Å². The Kier molecular flexibility index (Phi) is 6.56. The van der Waals surface area contributed by atoms with Crippen LogP contribution >= 0.6 is 0 Å². The molecule has 43 heavy (non-hydrogen) atoms. The molecule has 1 aromatic heterocycles. The highest BCUT2D eigenvalue weighted by atomic mass is 16.5. The van der Waals surface area contributed by atoms with Gasteiger partial charge < -0.3 is 19.3 Å². The first-order valence-corrected chi connectivity index (χ1v) is 15.4. The molecule has 8 rings (SSSR count). The van der Waals surface area contributed by atoms with Crippen molar-refractivity contribution in [2.45, 2.75) is 44.5 Å². The van der Waals surface area contributed by atoms with Crippen molar-refractivity contribution in [1.82, 2.24) is 20.1 Å². The van der Waals surface area contributed by atoms with E-state index in [9.17, 15) is 14.4 Å². The number of carbonyl (C=O) groups excluding carboxylic acids is 3. The third-order valence-corrected chi connectivity index (χ3v) is 9.74. The van der Waals surface area contributed by atoms with Crippen molar-refractivity contribution in [3.63, 3.8) is 0 Å². The van der Waals surface area contributed by atoms with E-state index in [-0.39, 0.29) is 24.3 Å².